The average molecular weight is 211 g/mol. The molecule has 0 bridgehead atoms. The van der Waals surface area contributed by atoms with E-state index in [1.165, 1.54) is 19.3 Å². The van der Waals surface area contributed by atoms with E-state index in [2.05, 4.69) is 6.92 Å². The van der Waals surface area contributed by atoms with Crippen molar-refractivity contribution in [2.24, 2.45) is 5.92 Å². The fraction of sp³-hybridized carbons (Fsp3) is 0.917. The van der Waals surface area contributed by atoms with Gasteiger partial charge >= 0.3 is 0 Å². The normalized spacial score (nSPS) is 31.3. The monoisotopic (exact) mass is 211 g/mol. The van der Waals surface area contributed by atoms with Crippen molar-refractivity contribution in [2.45, 2.75) is 44.6 Å². The third kappa shape index (κ3) is 2.71. The second kappa shape index (κ2) is 4.12. The number of likely N-dealkylation sites (N-methyl/N-ethyl adjacent to an activating group) is 1. The molecule has 1 amide bonds. The van der Waals surface area contributed by atoms with Crippen molar-refractivity contribution in [1.82, 2.24) is 4.90 Å². The smallest absolute Gasteiger partial charge is 0.225 e. The summed E-state index contributed by atoms with van der Waals surface area (Å²) in [6.45, 7) is 3.62. The Morgan fingerprint density at radius 3 is 2.53 bits per heavy atom. The molecule has 1 saturated carbocycles. The predicted molar refractivity (Wildman–Crippen MR) is 58.6 cm³/mol. The van der Waals surface area contributed by atoms with Crippen molar-refractivity contribution in [3.8, 4) is 0 Å². The van der Waals surface area contributed by atoms with Crippen LogP contribution in [0.1, 0.15) is 39.0 Å². The summed E-state index contributed by atoms with van der Waals surface area (Å²) in [5.41, 5.74) is -0.0426. The van der Waals surface area contributed by atoms with E-state index in [1.807, 2.05) is 11.9 Å². The van der Waals surface area contributed by atoms with Crippen molar-refractivity contribution in [1.29, 1.82) is 0 Å². The van der Waals surface area contributed by atoms with Gasteiger partial charge in [0.1, 0.15) is 5.60 Å². The van der Waals surface area contributed by atoms with Gasteiger partial charge in [-0.05, 0) is 19.8 Å². The van der Waals surface area contributed by atoms with E-state index in [0.717, 1.165) is 26.0 Å². The van der Waals surface area contributed by atoms with Gasteiger partial charge in [-0.2, -0.15) is 0 Å². The van der Waals surface area contributed by atoms with Gasteiger partial charge in [0.2, 0.25) is 5.91 Å². The first-order valence-corrected chi connectivity index (χ1v) is 6.00. The van der Waals surface area contributed by atoms with Crippen LogP contribution in [0.25, 0.3) is 0 Å². The van der Waals surface area contributed by atoms with Gasteiger partial charge in [-0.15, -0.1) is 0 Å². The van der Waals surface area contributed by atoms with Crippen LogP contribution >= 0.6 is 0 Å². The standard InChI is InChI=1S/C12H21NO2/c1-12(9-15-12)8-13(2)11(14)10-6-4-3-5-7-10/h10H,3-9H2,1-2H3. The molecule has 3 nitrogen and oxygen atoms in total. The molecule has 1 aliphatic heterocycles. The minimum Gasteiger partial charge on any atom is -0.368 e. The molecule has 0 spiro atoms. The zero-order chi connectivity index (χ0) is 10.9. The third-order valence-corrected chi connectivity index (χ3v) is 3.54. The lowest BCUT2D eigenvalue weighted by atomic mass is 9.88. The van der Waals surface area contributed by atoms with Gasteiger partial charge in [0.05, 0.1) is 13.2 Å². The molecule has 2 aliphatic rings. The highest BCUT2D eigenvalue weighted by Gasteiger charge is 2.41. The number of hydrogen-bond donors (Lipinski definition) is 0. The first kappa shape index (κ1) is 10.9. The molecule has 0 radical (unpaired) electrons. The Kier molecular flexibility index (Phi) is 3.01. The number of nitrogens with zero attached hydrogens (tertiary/aromatic N) is 1. The summed E-state index contributed by atoms with van der Waals surface area (Å²) in [6, 6.07) is 0. The van der Waals surface area contributed by atoms with Crippen LogP contribution in [0, 0.1) is 5.92 Å². The van der Waals surface area contributed by atoms with Gasteiger partial charge in [-0.3, -0.25) is 4.79 Å². The lowest BCUT2D eigenvalue weighted by Gasteiger charge is -2.27. The number of hydrogen-bond acceptors (Lipinski definition) is 2. The topological polar surface area (TPSA) is 32.8 Å². The molecule has 0 aromatic heterocycles. The molecule has 1 heterocycles. The van der Waals surface area contributed by atoms with E-state index < -0.39 is 0 Å². The van der Waals surface area contributed by atoms with Crippen LogP contribution in [0.2, 0.25) is 0 Å². The van der Waals surface area contributed by atoms with E-state index in [4.69, 9.17) is 4.74 Å². The highest BCUT2D eigenvalue weighted by atomic mass is 16.6. The van der Waals surface area contributed by atoms with Gasteiger partial charge in [-0.1, -0.05) is 19.3 Å². The van der Waals surface area contributed by atoms with Crippen LogP contribution in [-0.4, -0.2) is 36.6 Å². The fourth-order valence-corrected chi connectivity index (χ4v) is 2.46. The SMILES string of the molecule is CN(CC1(C)CO1)C(=O)C1CCCCC1. The van der Waals surface area contributed by atoms with Crippen LogP contribution in [0.15, 0.2) is 0 Å². The second-order valence-electron chi connectivity index (χ2n) is 5.27. The molecule has 1 saturated heterocycles. The molecule has 1 atom stereocenters. The molecular formula is C12H21NO2. The Morgan fingerprint density at radius 1 is 1.40 bits per heavy atom. The number of carbonyl (C=O) groups is 1. The van der Waals surface area contributed by atoms with E-state index in [9.17, 15) is 4.79 Å². The first-order chi connectivity index (χ1) is 7.11. The lowest BCUT2D eigenvalue weighted by Crippen LogP contribution is -2.39. The molecule has 2 rings (SSSR count). The van der Waals surface area contributed by atoms with E-state index in [1.54, 1.807) is 0 Å². The van der Waals surface area contributed by atoms with Crippen molar-refractivity contribution in [2.75, 3.05) is 20.2 Å². The highest BCUT2D eigenvalue weighted by molar-refractivity contribution is 5.78. The predicted octanol–water partition coefficient (Wildman–Crippen LogP) is 1.81. The maximum Gasteiger partial charge on any atom is 0.225 e. The number of epoxide rings is 1. The quantitative estimate of drug-likeness (QED) is 0.667. The molecule has 1 unspecified atom stereocenters. The van der Waals surface area contributed by atoms with Crippen LogP contribution in [0.5, 0.6) is 0 Å². The number of amides is 1. The Hall–Kier alpha value is -0.570. The second-order valence-corrected chi connectivity index (χ2v) is 5.27. The Balaban J connectivity index is 1.83. The molecule has 86 valence electrons. The molecule has 2 fully saturated rings. The van der Waals surface area contributed by atoms with Gasteiger partial charge in [-0.25, -0.2) is 0 Å². The summed E-state index contributed by atoms with van der Waals surface area (Å²) in [7, 11) is 1.91. The molecular weight excluding hydrogens is 190 g/mol. The van der Waals surface area contributed by atoms with Crippen LogP contribution in [-0.2, 0) is 9.53 Å². The van der Waals surface area contributed by atoms with Gasteiger partial charge in [0.25, 0.3) is 0 Å². The van der Waals surface area contributed by atoms with Crippen molar-refractivity contribution >= 4 is 5.91 Å². The van der Waals surface area contributed by atoms with Crippen LogP contribution in [0.3, 0.4) is 0 Å². The zero-order valence-corrected chi connectivity index (χ0v) is 9.79. The summed E-state index contributed by atoms with van der Waals surface area (Å²) in [5, 5.41) is 0. The van der Waals surface area contributed by atoms with E-state index >= 15 is 0 Å². The largest absolute Gasteiger partial charge is 0.368 e. The molecule has 3 heteroatoms. The Labute approximate surface area is 91.8 Å². The average Bonchev–Trinajstić information content (AvgIpc) is 2.96. The third-order valence-electron chi connectivity index (χ3n) is 3.54. The van der Waals surface area contributed by atoms with Crippen molar-refractivity contribution in [3.63, 3.8) is 0 Å². The summed E-state index contributed by atoms with van der Waals surface area (Å²) < 4.78 is 5.31. The Morgan fingerprint density at radius 2 is 2.00 bits per heavy atom. The first-order valence-electron chi connectivity index (χ1n) is 6.00. The van der Waals surface area contributed by atoms with Crippen molar-refractivity contribution in [3.05, 3.63) is 0 Å². The minimum atomic E-state index is -0.0426. The van der Waals surface area contributed by atoms with Crippen LogP contribution < -0.4 is 0 Å². The van der Waals surface area contributed by atoms with Crippen LogP contribution in [0.4, 0.5) is 0 Å². The number of rotatable bonds is 3. The molecule has 0 aromatic rings. The minimum absolute atomic E-state index is 0.0426. The lowest BCUT2D eigenvalue weighted by molar-refractivity contribution is -0.135. The van der Waals surface area contributed by atoms with Gasteiger partial charge in [0, 0.05) is 13.0 Å². The molecule has 0 N–H and O–H groups in total. The maximum atomic E-state index is 12.1. The van der Waals surface area contributed by atoms with E-state index in [-0.39, 0.29) is 11.5 Å². The summed E-state index contributed by atoms with van der Waals surface area (Å²) in [4.78, 5) is 13.9. The Bertz CT molecular complexity index is 242. The number of carbonyl (C=O) groups excluding carboxylic acids is 1. The maximum absolute atomic E-state index is 12.1. The van der Waals surface area contributed by atoms with E-state index in [0.29, 0.717) is 5.91 Å². The fourth-order valence-electron chi connectivity index (χ4n) is 2.46. The summed E-state index contributed by atoms with van der Waals surface area (Å²) >= 11 is 0. The summed E-state index contributed by atoms with van der Waals surface area (Å²) in [5.74, 6) is 0.609. The van der Waals surface area contributed by atoms with Gasteiger partial charge < -0.3 is 9.64 Å². The van der Waals surface area contributed by atoms with Crippen molar-refractivity contribution < 1.29 is 9.53 Å². The zero-order valence-electron chi connectivity index (χ0n) is 9.79. The molecule has 0 aromatic carbocycles. The number of ether oxygens (including phenoxy) is 1. The highest BCUT2D eigenvalue weighted by Crippen LogP contribution is 2.29. The molecule has 15 heavy (non-hydrogen) atoms. The molecule has 1 aliphatic carbocycles. The van der Waals surface area contributed by atoms with Gasteiger partial charge in [0.15, 0.2) is 0 Å². The summed E-state index contributed by atoms with van der Waals surface area (Å²) in [6.07, 6.45) is 5.91.